The van der Waals surface area contributed by atoms with E-state index in [-0.39, 0.29) is 0 Å². The number of rotatable bonds is 5. The first kappa shape index (κ1) is 29.7. The van der Waals surface area contributed by atoms with Crippen LogP contribution in [0.1, 0.15) is 0 Å². The fourth-order valence-corrected chi connectivity index (χ4v) is 8.37. The quantitative estimate of drug-likeness (QED) is 0.178. The van der Waals surface area contributed by atoms with Gasteiger partial charge in [0.05, 0.1) is 10.2 Å². The van der Waals surface area contributed by atoms with Gasteiger partial charge in [-0.15, -0.1) is 11.3 Å². The molecule has 0 amide bonds. The van der Waals surface area contributed by atoms with Crippen molar-refractivity contribution in [1.29, 1.82) is 0 Å². The van der Waals surface area contributed by atoms with Gasteiger partial charge in [0.2, 0.25) is 0 Å². The summed E-state index contributed by atoms with van der Waals surface area (Å²) in [6, 6.07) is 53.4. The van der Waals surface area contributed by atoms with Crippen LogP contribution < -0.4 is 0 Å². The molecule has 6 nitrogen and oxygen atoms in total. The number of fused-ring (bicyclic) bond motifs is 7. The molecule has 0 N–H and O–H groups in total. The Balaban J connectivity index is 1.15. The summed E-state index contributed by atoms with van der Waals surface area (Å²) in [5.41, 5.74) is 10.0. The molecular weight excluding hydrogens is 673 g/mol. The topological polar surface area (TPSA) is 77.8 Å². The molecule has 0 bridgehead atoms. The second-order valence-electron chi connectivity index (χ2n) is 13.0. The van der Waals surface area contributed by atoms with Gasteiger partial charge in [0.15, 0.2) is 17.5 Å². The first-order valence-corrected chi connectivity index (χ1v) is 18.2. The number of aromatic nitrogens is 4. The molecule has 248 valence electrons. The highest BCUT2D eigenvalue weighted by atomic mass is 32.1. The number of nitrogens with zero attached hydrogens (tertiary/aromatic N) is 4. The van der Waals surface area contributed by atoms with Crippen molar-refractivity contribution in [3.8, 4) is 55.9 Å². The van der Waals surface area contributed by atoms with Crippen LogP contribution in [0.4, 0.5) is 0 Å². The maximum Gasteiger partial charge on any atom is 0.164 e. The summed E-state index contributed by atoms with van der Waals surface area (Å²) in [5.74, 6) is 1.72. The number of thiazole rings is 1. The van der Waals surface area contributed by atoms with Gasteiger partial charge in [0.1, 0.15) is 27.3 Å². The van der Waals surface area contributed by atoms with Gasteiger partial charge < -0.3 is 8.83 Å². The third-order valence-electron chi connectivity index (χ3n) is 9.79. The summed E-state index contributed by atoms with van der Waals surface area (Å²) in [5, 5.41) is 4.94. The number of benzene rings is 7. The third kappa shape index (κ3) is 4.86. The van der Waals surface area contributed by atoms with Gasteiger partial charge in [-0.05, 0) is 53.6 Å². The Bertz CT molecular complexity index is 3160. The first-order chi connectivity index (χ1) is 26.2. The van der Waals surface area contributed by atoms with Crippen LogP contribution in [0, 0.1) is 0 Å². The first-order valence-electron chi connectivity index (χ1n) is 17.4. The van der Waals surface area contributed by atoms with Gasteiger partial charge in [-0.2, -0.15) is 0 Å². The predicted molar refractivity (Wildman–Crippen MR) is 215 cm³/mol. The van der Waals surface area contributed by atoms with Crippen LogP contribution in [0.3, 0.4) is 0 Å². The van der Waals surface area contributed by atoms with E-state index in [1.807, 2.05) is 84.9 Å². The lowest BCUT2D eigenvalue weighted by Crippen LogP contribution is -2.00. The maximum absolute atomic E-state index is 6.56. The molecule has 0 atom stereocenters. The van der Waals surface area contributed by atoms with Crippen LogP contribution >= 0.6 is 11.3 Å². The van der Waals surface area contributed by atoms with Crippen molar-refractivity contribution >= 4 is 65.4 Å². The van der Waals surface area contributed by atoms with Crippen LogP contribution in [0.5, 0.6) is 0 Å². The monoisotopic (exact) mass is 698 g/mol. The molecule has 11 rings (SSSR count). The Morgan fingerprint density at radius 3 is 1.72 bits per heavy atom. The number of furan rings is 2. The zero-order valence-corrected chi connectivity index (χ0v) is 28.8. The average molecular weight is 699 g/mol. The van der Waals surface area contributed by atoms with Crippen LogP contribution in [0.2, 0.25) is 0 Å². The van der Waals surface area contributed by atoms with Crippen molar-refractivity contribution in [2.24, 2.45) is 0 Å². The minimum Gasteiger partial charge on any atom is -0.456 e. The van der Waals surface area contributed by atoms with Gasteiger partial charge >= 0.3 is 0 Å². The molecule has 4 aromatic heterocycles. The van der Waals surface area contributed by atoms with E-state index in [9.17, 15) is 0 Å². The highest BCUT2D eigenvalue weighted by Gasteiger charge is 2.22. The predicted octanol–water partition coefficient (Wildman–Crippen LogP) is 12.6. The van der Waals surface area contributed by atoms with Crippen molar-refractivity contribution in [2.75, 3.05) is 0 Å². The fraction of sp³-hybridized carbons (Fsp3) is 0. The highest BCUT2D eigenvalue weighted by Crippen LogP contribution is 2.43. The highest BCUT2D eigenvalue weighted by molar-refractivity contribution is 7.21. The van der Waals surface area contributed by atoms with Crippen molar-refractivity contribution < 1.29 is 8.83 Å². The van der Waals surface area contributed by atoms with Crippen molar-refractivity contribution in [3.05, 3.63) is 158 Å². The molecule has 0 radical (unpaired) electrons. The number of hydrogen-bond acceptors (Lipinski definition) is 7. The molecule has 0 spiro atoms. The minimum atomic E-state index is 0.560. The lowest BCUT2D eigenvalue weighted by Gasteiger charge is -2.11. The second-order valence-corrected chi connectivity index (χ2v) is 14.0. The standard InChI is InChI=1S/C46H26N4O2S/c1-2-12-27(13-3-1)43-48-44(32-18-10-22-36-40(32)31-16-4-6-21-35(31)51-36)50-45(49-43)33-19-11-24-38-42(33)41-30(17-9-23-37(41)52-38)28-14-8-15-29(26-28)46-47-34-20-5-7-25-39(34)53-46/h1-26H. The van der Waals surface area contributed by atoms with Crippen LogP contribution in [-0.4, -0.2) is 19.9 Å². The molecule has 53 heavy (non-hydrogen) atoms. The molecule has 7 aromatic carbocycles. The van der Waals surface area contributed by atoms with Crippen molar-refractivity contribution in [3.63, 3.8) is 0 Å². The van der Waals surface area contributed by atoms with E-state index in [2.05, 4.69) is 72.8 Å². The SMILES string of the molecule is c1ccc(-c2nc(-c3cccc4oc5ccccc5c34)nc(-c3cccc4oc5cccc(-c6cccc(-c7nc8ccccc8s7)c6)c5c34)n2)cc1. The summed E-state index contributed by atoms with van der Waals surface area (Å²) >= 11 is 1.70. The van der Waals surface area contributed by atoms with Gasteiger partial charge in [0.25, 0.3) is 0 Å². The average Bonchev–Trinajstić information content (AvgIpc) is 3.94. The summed E-state index contributed by atoms with van der Waals surface area (Å²) < 4.78 is 14.0. The largest absolute Gasteiger partial charge is 0.456 e. The molecule has 7 heteroatoms. The smallest absolute Gasteiger partial charge is 0.164 e. The summed E-state index contributed by atoms with van der Waals surface area (Å²) in [7, 11) is 0. The van der Waals surface area contributed by atoms with Gasteiger partial charge in [-0.3, -0.25) is 0 Å². The molecule has 0 aliphatic heterocycles. The Labute approximate surface area is 306 Å². The zero-order chi connectivity index (χ0) is 34.9. The van der Waals surface area contributed by atoms with Crippen LogP contribution in [0.15, 0.2) is 167 Å². The van der Waals surface area contributed by atoms with Crippen LogP contribution in [0.25, 0.3) is 110 Å². The molecule has 4 heterocycles. The minimum absolute atomic E-state index is 0.560. The molecule has 0 unspecified atom stereocenters. The van der Waals surface area contributed by atoms with E-state index in [0.717, 1.165) is 87.8 Å². The summed E-state index contributed by atoms with van der Waals surface area (Å²) in [6.45, 7) is 0. The fourth-order valence-electron chi connectivity index (χ4n) is 7.40. The normalized spacial score (nSPS) is 11.8. The van der Waals surface area contributed by atoms with E-state index in [4.69, 9.17) is 28.8 Å². The van der Waals surface area contributed by atoms with E-state index >= 15 is 0 Å². The molecule has 0 aliphatic carbocycles. The molecule has 11 aromatic rings. The van der Waals surface area contributed by atoms with E-state index in [1.54, 1.807) is 11.3 Å². The molecule has 0 aliphatic rings. The second kappa shape index (κ2) is 11.8. The van der Waals surface area contributed by atoms with E-state index in [1.165, 1.54) is 4.70 Å². The van der Waals surface area contributed by atoms with E-state index in [0.29, 0.717) is 17.5 Å². The summed E-state index contributed by atoms with van der Waals surface area (Å²) in [6.07, 6.45) is 0. The Morgan fingerprint density at radius 1 is 0.377 bits per heavy atom. The Hall–Kier alpha value is -6.96. The molecule has 0 fully saturated rings. The van der Waals surface area contributed by atoms with Crippen molar-refractivity contribution in [2.45, 2.75) is 0 Å². The number of hydrogen-bond donors (Lipinski definition) is 0. The lowest BCUT2D eigenvalue weighted by atomic mass is 9.96. The molecule has 0 saturated carbocycles. The van der Waals surface area contributed by atoms with Crippen LogP contribution in [-0.2, 0) is 0 Å². The lowest BCUT2D eigenvalue weighted by molar-refractivity contribution is 0.668. The third-order valence-corrected chi connectivity index (χ3v) is 10.9. The Morgan fingerprint density at radius 2 is 0.925 bits per heavy atom. The van der Waals surface area contributed by atoms with Gasteiger partial charge in [-0.1, -0.05) is 115 Å². The van der Waals surface area contributed by atoms with Gasteiger partial charge in [0, 0.05) is 43.8 Å². The zero-order valence-electron chi connectivity index (χ0n) is 28.0. The van der Waals surface area contributed by atoms with Gasteiger partial charge in [-0.25, -0.2) is 19.9 Å². The molecule has 0 saturated heterocycles. The maximum atomic E-state index is 6.56. The Kier molecular flexibility index (Phi) is 6.62. The molecular formula is C46H26N4O2S. The summed E-state index contributed by atoms with van der Waals surface area (Å²) in [4.78, 5) is 20.4. The number of para-hydroxylation sites is 2. The van der Waals surface area contributed by atoms with E-state index < -0.39 is 0 Å². The van der Waals surface area contributed by atoms with Crippen molar-refractivity contribution in [1.82, 2.24) is 19.9 Å².